The van der Waals surface area contributed by atoms with Crippen LogP contribution in [0.2, 0.25) is 0 Å². The minimum absolute atomic E-state index is 0.193. The van der Waals surface area contributed by atoms with Gasteiger partial charge in [0, 0.05) is 47.5 Å². The molecule has 11 heteroatoms. The molecule has 2 aromatic carbocycles. The van der Waals surface area contributed by atoms with E-state index in [1.165, 1.54) is 17.0 Å². The van der Waals surface area contributed by atoms with E-state index >= 15 is 0 Å². The average molecular weight is 643 g/mol. The number of morpholine rings is 1. The molecule has 0 spiro atoms. The lowest BCUT2D eigenvalue weighted by Gasteiger charge is -2.29. The number of anilines is 1. The van der Waals surface area contributed by atoms with E-state index in [0.29, 0.717) is 37.7 Å². The monoisotopic (exact) mass is 642 g/mol. The normalized spacial score (nSPS) is 16.7. The van der Waals surface area contributed by atoms with Crippen LogP contribution in [0, 0.1) is 13.8 Å². The summed E-state index contributed by atoms with van der Waals surface area (Å²) in [7, 11) is 3.12. The molecule has 1 saturated heterocycles. The van der Waals surface area contributed by atoms with E-state index in [-0.39, 0.29) is 12.2 Å². The molecule has 6 rings (SSSR count). The Morgan fingerprint density at radius 1 is 1.02 bits per heavy atom. The number of hydrogen-bond acceptors (Lipinski definition) is 9. The number of aromatic nitrogens is 2. The van der Waals surface area contributed by atoms with Gasteiger partial charge in [-0.05, 0) is 81.8 Å². The van der Waals surface area contributed by atoms with Gasteiger partial charge in [0.25, 0.3) is 5.56 Å². The first kappa shape index (κ1) is 31.4. The number of aryl methyl sites for hydroxylation is 1. The summed E-state index contributed by atoms with van der Waals surface area (Å²) in [4.78, 5) is 35.1. The van der Waals surface area contributed by atoms with E-state index in [9.17, 15) is 9.59 Å². The quantitative estimate of drug-likeness (QED) is 0.268. The minimum Gasteiger partial charge on any atom is -0.497 e. The van der Waals surface area contributed by atoms with Crippen LogP contribution in [0.1, 0.15) is 42.4 Å². The van der Waals surface area contributed by atoms with Crippen molar-refractivity contribution in [2.75, 3.05) is 52.0 Å². The summed E-state index contributed by atoms with van der Waals surface area (Å²) >= 11 is 1.30. The van der Waals surface area contributed by atoms with Gasteiger partial charge in [0.05, 0.1) is 49.8 Å². The molecule has 2 aliphatic rings. The Morgan fingerprint density at radius 2 is 1.74 bits per heavy atom. The Kier molecular flexibility index (Phi) is 8.88. The summed E-state index contributed by atoms with van der Waals surface area (Å²) < 4.78 is 26.3. The second kappa shape index (κ2) is 13.0. The van der Waals surface area contributed by atoms with E-state index in [1.807, 2.05) is 12.1 Å². The Hall–Kier alpha value is -4.61. The van der Waals surface area contributed by atoms with E-state index < -0.39 is 12.0 Å². The Labute approximate surface area is 271 Å². The zero-order valence-electron chi connectivity index (χ0n) is 27.0. The molecule has 1 atom stereocenters. The summed E-state index contributed by atoms with van der Waals surface area (Å²) in [5.41, 5.74) is 6.39. The maximum atomic E-state index is 14.2. The molecule has 0 saturated carbocycles. The molecule has 4 aromatic rings. The Balaban J connectivity index is 1.44. The average Bonchev–Trinajstić information content (AvgIpc) is 3.53. The zero-order chi connectivity index (χ0) is 32.5. The van der Waals surface area contributed by atoms with Gasteiger partial charge in [0.2, 0.25) is 0 Å². The highest BCUT2D eigenvalue weighted by Gasteiger charge is 2.35. The molecule has 0 amide bonds. The lowest BCUT2D eigenvalue weighted by molar-refractivity contribution is -0.139. The topological polar surface area (TPSA) is 96.5 Å². The number of hydrogen-bond donors (Lipinski definition) is 0. The minimum atomic E-state index is -0.796. The lowest BCUT2D eigenvalue weighted by atomic mass is 9.95. The van der Waals surface area contributed by atoms with Crippen molar-refractivity contribution in [2.45, 2.75) is 33.7 Å². The van der Waals surface area contributed by atoms with Gasteiger partial charge in [-0.15, -0.1) is 0 Å². The number of fused-ring (bicyclic) bond motifs is 1. The van der Waals surface area contributed by atoms with Crippen LogP contribution in [-0.4, -0.2) is 62.2 Å². The van der Waals surface area contributed by atoms with Crippen LogP contribution >= 0.6 is 11.3 Å². The number of thiazole rings is 1. The molecule has 240 valence electrons. The van der Waals surface area contributed by atoms with Gasteiger partial charge in [-0.2, -0.15) is 0 Å². The highest BCUT2D eigenvalue weighted by Crippen LogP contribution is 2.37. The first-order valence-corrected chi connectivity index (χ1v) is 16.1. The van der Waals surface area contributed by atoms with Gasteiger partial charge in [0.1, 0.15) is 17.5 Å². The highest BCUT2D eigenvalue weighted by atomic mass is 32.1. The number of esters is 1. The second-order valence-corrected chi connectivity index (χ2v) is 12.2. The van der Waals surface area contributed by atoms with Crippen molar-refractivity contribution in [1.82, 2.24) is 9.13 Å². The van der Waals surface area contributed by atoms with Crippen molar-refractivity contribution in [3.05, 3.63) is 102 Å². The summed E-state index contributed by atoms with van der Waals surface area (Å²) in [6.07, 6.45) is 1.91. The molecule has 2 aromatic heterocycles. The highest BCUT2D eigenvalue weighted by molar-refractivity contribution is 7.07. The van der Waals surface area contributed by atoms with Crippen molar-refractivity contribution < 1.29 is 23.7 Å². The number of carbonyl (C=O) groups excluding carboxylic acids is 1. The Morgan fingerprint density at radius 3 is 2.41 bits per heavy atom. The van der Waals surface area contributed by atoms with Crippen LogP contribution in [0.3, 0.4) is 0 Å². The Bertz CT molecular complexity index is 2000. The number of ether oxygens (including phenoxy) is 4. The molecule has 1 fully saturated rings. The molecule has 4 heterocycles. The van der Waals surface area contributed by atoms with Crippen molar-refractivity contribution >= 4 is 29.1 Å². The summed E-state index contributed by atoms with van der Waals surface area (Å²) in [5, 5.41) is 0. The summed E-state index contributed by atoms with van der Waals surface area (Å²) in [6, 6.07) is 15.2. The van der Waals surface area contributed by atoms with Gasteiger partial charge < -0.3 is 28.4 Å². The number of benzene rings is 2. The number of rotatable bonds is 8. The van der Waals surface area contributed by atoms with Gasteiger partial charge in [0.15, 0.2) is 4.80 Å². The van der Waals surface area contributed by atoms with Crippen LogP contribution in [0.5, 0.6) is 11.5 Å². The van der Waals surface area contributed by atoms with Crippen LogP contribution in [0.25, 0.3) is 11.8 Å². The first-order valence-electron chi connectivity index (χ1n) is 15.3. The third-order valence-corrected chi connectivity index (χ3v) is 9.48. The number of carbonyl (C=O) groups is 1. The van der Waals surface area contributed by atoms with E-state index in [4.69, 9.17) is 23.9 Å². The largest absolute Gasteiger partial charge is 0.497 e. The van der Waals surface area contributed by atoms with Gasteiger partial charge >= 0.3 is 5.97 Å². The fraction of sp³-hybridized carbons (Fsp3) is 0.343. The fourth-order valence-corrected chi connectivity index (χ4v) is 7.27. The number of nitrogens with zero attached hydrogens (tertiary/aromatic N) is 4. The van der Waals surface area contributed by atoms with Gasteiger partial charge in [-0.1, -0.05) is 11.3 Å². The molecule has 1 unspecified atom stereocenters. The molecular weight excluding hydrogens is 604 g/mol. The van der Waals surface area contributed by atoms with Crippen molar-refractivity contribution in [3.8, 4) is 17.2 Å². The maximum absolute atomic E-state index is 14.2. The van der Waals surface area contributed by atoms with Crippen LogP contribution < -0.4 is 29.3 Å². The van der Waals surface area contributed by atoms with Gasteiger partial charge in [-0.25, -0.2) is 9.79 Å². The third-order valence-electron chi connectivity index (χ3n) is 8.49. The molecule has 10 nitrogen and oxygen atoms in total. The van der Waals surface area contributed by atoms with E-state index in [0.717, 1.165) is 48.9 Å². The van der Waals surface area contributed by atoms with E-state index in [2.05, 4.69) is 53.6 Å². The maximum Gasteiger partial charge on any atom is 0.338 e. The van der Waals surface area contributed by atoms with Gasteiger partial charge in [-0.3, -0.25) is 9.36 Å². The smallest absolute Gasteiger partial charge is 0.338 e. The third kappa shape index (κ3) is 5.65. The molecule has 0 N–H and O–H groups in total. The van der Waals surface area contributed by atoms with Crippen LogP contribution in [0.4, 0.5) is 5.69 Å². The molecule has 46 heavy (non-hydrogen) atoms. The molecule has 0 aliphatic carbocycles. The van der Waals surface area contributed by atoms with Crippen molar-refractivity contribution in [3.63, 3.8) is 0 Å². The number of allylic oxidation sites excluding steroid dienone is 1. The zero-order valence-corrected chi connectivity index (χ0v) is 27.8. The van der Waals surface area contributed by atoms with Crippen molar-refractivity contribution in [2.24, 2.45) is 4.99 Å². The van der Waals surface area contributed by atoms with E-state index in [1.54, 1.807) is 44.8 Å². The first-order chi connectivity index (χ1) is 22.2. The standard InChI is InChI=1S/C35H38N4O6S/c1-7-45-34(41)31-22(3)36-35-39(32(31)28-13-12-27(42-5)20-29(28)43-6)33(40)30(46-35)19-24-18-21(2)38(23(24)4)26-10-8-25(9-11-26)37-14-16-44-17-15-37/h8-13,18-20,32H,7,14-17H2,1-6H3/b30-19+. The molecule has 2 aliphatic heterocycles. The second-order valence-electron chi connectivity index (χ2n) is 11.2. The molecule has 0 bridgehead atoms. The predicted octanol–water partition coefficient (Wildman–Crippen LogP) is 4.06. The lowest BCUT2D eigenvalue weighted by Crippen LogP contribution is -2.40. The molecule has 0 radical (unpaired) electrons. The number of methoxy groups -OCH3 is 2. The molecular formula is C35H38N4O6S. The fourth-order valence-electron chi connectivity index (χ4n) is 6.24. The summed E-state index contributed by atoms with van der Waals surface area (Å²) in [6.45, 7) is 11.1. The SMILES string of the molecule is CCOC(=O)C1=C(C)N=c2s/c(=C/c3cc(C)n(-c4ccc(N5CCOCC5)cc4)c3C)c(=O)n2C1c1ccc(OC)cc1OC. The van der Waals surface area contributed by atoms with Crippen molar-refractivity contribution in [1.29, 1.82) is 0 Å². The summed E-state index contributed by atoms with van der Waals surface area (Å²) in [5.74, 6) is 0.556. The predicted molar refractivity (Wildman–Crippen MR) is 178 cm³/mol. The van der Waals surface area contributed by atoms with Crippen LogP contribution in [-0.2, 0) is 14.3 Å². The van der Waals surface area contributed by atoms with Crippen LogP contribution in [0.15, 0.2) is 69.6 Å².